The highest BCUT2D eigenvalue weighted by atomic mass is 15.2. The van der Waals surface area contributed by atoms with Gasteiger partial charge in [-0.25, -0.2) is 0 Å². The van der Waals surface area contributed by atoms with Gasteiger partial charge in [-0.05, 0) is 12.8 Å². The van der Waals surface area contributed by atoms with Gasteiger partial charge in [0.1, 0.15) is 0 Å². The number of nitrogens with two attached hydrogens (primary N) is 1. The molecule has 2 rings (SSSR count). The van der Waals surface area contributed by atoms with Crippen LogP contribution in [0.5, 0.6) is 0 Å². The summed E-state index contributed by atoms with van der Waals surface area (Å²) in [5.74, 6) is 0. The van der Waals surface area contributed by atoms with E-state index in [2.05, 4.69) is 10.2 Å². The Labute approximate surface area is 67.9 Å². The van der Waals surface area contributed by atoms with Crippen molar-refractivity contribution in [1.29, 1.82) is 0 Å². The first kappa shape index (κ1) is 7.53. The van der Waals surface area contributed by atoms with Gasteiger partial charge in [-0.2, -0.15) is 0 Å². The Morgan fingerprint density at radius 2 is 2.00 bits per heavy atom. The highest BCUT2D eigenvalue weighted by Crippen LogP contribution is 2.17. The second-order valence-corrected chi connectivity index (χ2v) is 3.69. The van der Waals surface area contributed by atoms with E-state index in [-0.39, 0.29) is 0 Å². The van der Waals surface area contributed by atoms with Crippen LogP contribution in [0.3, 0.4) is 0 Å². The molecule has 2 atom stereocenters. The molecule has 0 amide bonds. The fraction of sp³-hybridized carbons (Fsp3) is 1.00. The summed E-state index contributed by atoms with van der Waals surface area (Å²) < 4.78 is 0. The van der Waals surface area contributed by atoms with Crippen molar-refractivity contribution >= 4 is 0 Å². The molecule has 2 fully saturated rings. The van der Waals surface area contributed by atoms with Gasteiger partial charge in [0.2, 0.25) is 0 Å². The lowest BCUT2D eigenvalue weighted by Crippen LogP contribution is -2.56. The van der Waals surface area contributed by atoms with Gasteiger partial charge < -0.3 is 11.1 Å². The molecule has 0 aromatic heterocycles. The summed E-state index contributed by atoms with van der Waals surface area (Å²) in [7, 11) is 0. The maximum absolute atomic E-state index is 5.85. The van der Waals surface area contributed by atoms with E-state index in [1.165, 1.54) is 19.5 Å². The fourth-order valence-electron chi connectivity index (χ4n) is 1.89. The van der Waals surface area contributed by atoms with Gasteiger partial charge in [-0.1, -0.05) is 0 Å². The highest BCUT2D eigenvalue weighted by Gasteiger charge is 2.28. The lowest BCUT2D eigenvalue weighted by atomic mass is 10.00. The molecule has 2 unspecified atom stereocenters. The quantitative estimate of drug-likeness (QED) is 0.490. The zero-order valence-electron chi connectivity index (χ0n) is 6.92. The van der Waals surface area contributed by atoms with Crippen LogP contribution < -0.4 is 11.1 Å². The molecule has 0 radical (unpaired) electrons. The average Bonchev–Trinajstić information content (AvgIpc) is 1.94. The lowest BCUT2D eigenvalue weighted by molar-refractivity contribution is 0.0778. The highest BCUT2D eigenvalue weighted by molar-refractivity contribution is 4.87. The van der Waals surface area contributed by atoms with Crippen LogP contribution in [0.15, 0.2) is 0 Å². The predicted octanol–water partition coefficient (Wildman–Crippen LogP) is -0.619. The fourth-order valence-corrected chi connectivity index (χ4v) is 1.89. The average molecular weight is 155 g/mol. The summed E-state index contributed by atoms with van der Waals surface area (Å²) in [6.45, 7) is 4.66. The Hall–Kier alpha value is -0.120. The third kappa shape index (κ3) is 1.55. The van der Waals surface area contributed by atoms with Crippen molar-refractivity contribution in [3.05, 3.63) is 0 Å². The van der Waals surface area contributed by atoms with Crippen LogP contribution in [-0.4, -0.2) is 43.2 Å². The first-order chi connectivity index (χ1) is 5.36. The molecule has 2 aliphatic heterocycles. The van der Waals surface area contributed by atoms with E-state index in [0.717, 1.165) is 25.6 Å². The Kier molecular flexibility index (Phi) is 2.11. The van der Waals surface area contributed by atoms with E-state index in [1.807, 2.05) is 0 Å². The molecule has 3 heteroatoms. The first-order valence-corrected chi connectivity index (χ1v) is 4.56. The number of hydrogen-bond acceptors (Lipinski definition) is 3. The van der Waals surface area contributed by atoms with E-state index < -0.39 is 0 Å². The second kappa shape index (κ2) is 3.09. The SMILES string of the molecule is NC1CCN2CCC2CNC1. The Morgan fingerprint density at radius 3 is 2.73 bits per heavy atom. The van der Waals surface area contributed by atoms with Crippen LogP contribution in [0.2, 0.25) is 0 Å². The van der Waals surface area contributed by atoms with Gasteiger partial charge in [0.25, 0.3) is 0 Å². The van der Waals surface area contributed by atoms with Gasteiger partial charge in [-0.3, -0.25) is 4.90 Å². The molecular formula is C8H17N3. The number of nitrogens with one attached hydrogen (secondary N) is 1. The number of nitrogens with zero attached hydrogens (tertiary/aromatic N) is 1. The summed E-state index contributed by atoms with van der Waals surface area (Å²) in [5.41, 5.74) is 5.85. The van der Waals surface area contributed by atoms with Crippen molar-refractivity contribution in [2.24, 2.45) is 5.73 Å². The monoisotopic (exact) mass is 155 g/mol. The van der Waals surface area contributed by atoms with Crippen molar-refractivity contribution in [3.8, 4) is 0 Å². The minimum Gasteiger partial charge on any atom is -0.327 e. The summed E-state index contributed by atoms with van der Waals surface area (Å²) in [6, 6.07) is 1.19. The minimum absolute atomic E-state index is 0.372. The van der Waals surface area contributed by atoms with Crippen molar-refractivity contribution in [2.75, 3.05) is 26.2 Å². The molecule has 0 aromatic carbocycles. The van der Waals surface area contributed by atoms with E-state index in [9.17, 15) is 0 Å². The molecule has 0 aliphatic carbocycles. The van der Waals surface area contributed by atoms with Crippen molar-refractivity contribution in [3.63, 3.8) is 0 Å². The van der Waals surface area contributed by atoms with Crippen LogP contribution in [-0.2, 0) is 0 Å². The number of hydrogen-bond donors (Lipinski definition) is 2. The Balaban J connectivity index is 1.85. The second-order valence-electron chi connectivity index (χ2n) is 3.69. The Bertz CT molecular complexity index is 137. The summed E-state index contributed by atoms with van der Waals surface area (Å²) in [6.07, 6.45) is 2.53. The maximum Gasteiger partial charge on any atom is 0.0232 e. The van der Waals surface area contributed by atoms with E-state index >= 15 is 0 Å². The smallest absolute Gasteiger partial charge is 0.0232 e. The first-order valence-electron chi connectivity index (χ1n) is 4.56. The van der Waals surface area contributed by atoms with Crippen molar-refractivity contribution in [2.45, 2.75) is 24.9 Å². The summed E-state index contributed by atoms with van der Waals surface area (Å²) in [5, 5.41) is 3.40. The van der Waals surface area contributed by atoms with Gasteiger partial charge in [0.15, 0.2) is 0 Å². The van der Waals surface area contributed by atoms with Crippen LogP contribution >= 0.6 is 0 Å². The van der Waals surface area contributed by atoms with Gasteiger partial charge in [0, 0.05) is 38.3 Å². The molecule has 0 bridgehead atoms. The Morgan fingerprint density at radius 1 is 1.18 bits per heavy atom. The van der Waals surface area contributed by atoms with Crippen LogP contribution in [0.4, 0.5) is 0 Å². The standard InChI is InChI=1S/C8H17N3/c9-7-1-3-11-4-2-8(11)6-10-5-7/h7-8,10H,1-6,9H2. The van der Waals surface area contributed by atoms with Gasteiger partial charge >= 0.3 is 0 Å². The molecule has 0 aromatic rings. The lowest BCUT2D eigenvalue weighted by Gasteiger charge is -2.43. The van der Waals surface area contributed by atoms with E-state index in [4.69, 9.17) is 5.73 Å². The van der Waals surface area contributed by atoms with Crippen LogP contribution in [0.1, 0.15) is 12.8 Å². The van der Waals surface area contributed by atoms with Crippen molar-refractivity contribution in [1.82, 2.24) is 10.2 Å². The van der Waals surface area contributed by atoms with Gasteiger partial charge in [0.05, 0.1) is 0 Å². The molecule has 11 heavy (non-hydrogen) atoms. The number of rotatable bonds is 0. The van der Waals surface area contributed by atoms with Crippen LogP contribution in [0.25, 0.3) is 0 Å². The topological polar surface area (TPSA) is 41.3 Å². The molecule has 2 heterocycles. The molecule has 0 saturated carbocycles. The normalized spacial score (nSPS) is 40.1. The predicted molar refractivity (Wildman–Crippen MR) is 45.4 cm³/mol. The van der Waals surface area contributed by atoms with E-state index in [0.29, 0.717) is 6.04 Å². The molecule has 0 spiro atoms. The van der Waals surface area contributed by atoms with Gasteiger partial charge in [-0.15, -0.1) is 0 Å². The molecule has 64 valence electrons. The zero-order valence-corrected chi connectivity index (χ0v) is 6.92. The molecule has 3 N–H and O–H groups in total. The summed E-state index contributed by atoms with van der Waals surface area (Å²) in [4.78, 5) is 2.53. The minimum atomic E-state index is 0.372. The summed E-state index contributed by atoms with van der Waals surface area (Å²) >= 11 is 0. The number of fused-ring (bicyclic) bond motifs is 1. The van der Waals surface area contributed by atoms with E-state index in [1.54, 1.807) is 0 Å². The molecule has 3 nitrogen and oxygen atoms in total. The third-order valence-electron chi connectivity index (χ3n) is 2.84. The molecule has 2 aliphatic rings. The van der Waals surface area contributed by atoms with Crippen molar-refractivity contribution < 1.29 is 0 Å². The largest absolute Gasteiger partial charge is 0.327 e. The third-order valence-corrected chi connectivity index (χ3v) is 2.84. The molecule has 2 saturated heterocycles. The van der Waals surface area contributed by atoms with Crippen LogP contribution in [0, 0.1) is 0 Å². The maximum atomic E-state index is 5.85. The molecular weight excluding hydrogens is 138 g/mol. The zero-order chi connectivity index (χ0) is 7.68.